The Morgan fingerprint density at radius 1 is 1.25 bits per heavy atom. The second-order valence-electron chi connectivity index (χ2n) is 4.78. The summed E-state index contributed by atoms with van der Waals surface area (Å²) in [7, 11) is -3.61. The number of piperidine rings is 1. The van der Waals surface area contributed by atoms with Gasteiger partial charge in [-0.2, -0.15) is 4.31 Å². The minimum Gasteiger partial charge on any atom is -0.396 e. The van der Waals surface area contributed by atoms with E-state index in [0.717, 1.165) is 0 Å². The molecule has 0 unspecified atom stereocenters. The zero-order valence-corrected chi connectivity index (χ0v) is 11.6. The van der Waals surface area contributed by atoms with E-state index in [0.29, 0.717) is 25.9 Å². The van der Waals surface area contributed by atoms with Crippen LogP contribution >= 0.6 is 0 Å². The first kappa shape index (κ1) is 14.9. The van der Waals surface area contributed by atoms with Gasteiger partial charge in [0, 0.05) is 31.8 Å². The van der Waals surface area contributed by atoms with E-state index in [1.807, 2.05) is 0 Å². The molecule has 1 aromatic carbocycles. The predicted octanol–water partition coefficient (Wildman–Crippen LogP) is 0.988. The quantitative estimate of drug-likeness (QED) is 0.660. The molecule has 1 aromatic rings. The summed E-state index contributed by atoms with van der Waals surface area (Å²) in [6.07, 6.45) is 1.26. The van der Waals surface area contributed by atoms with Gasteiger partial charge in [0.2, 0.25) is 10.0 Å². The van der Waals surface area contributed by atoms with Crippen LogP contribution in [-0.4, -0.2) is 42.4 Å². The summed E-state index contributed by atoms with van der Waals surface area (Å²) in [5, 5.41) is 19.6. The summed E-state index contributed by atoms with van der Waals surface area (Å²) in [6.45, 7) is 0.806. The number of nitrogens with zero attached hydrogens (tertiary/aromatic N) is 2. The van der Waals surface area contributed by atoms with E-state index in [-0.39, 0.29) is 23.1 Å². The molecule has 1 saturated heterocycles. The van der Waals surface area contributed by atoms with Gasteiger partial charge < -0.3 is 5.11 Å². The lowest BCUT2D eigenvalue weighted by molar-refractivity contribution is -0.384. The van der Waals surface area contributed by atoms with Crippen molar-refractivity contribution in [1.82, 2.24) is 4.31 Å². The fourth-order valence-corrected chi connectivity index (χ4v) is 3.69. The third-order valence-corrected chi connectivity index (χ3v) is 5.43. The molecule has 0 aromatic heterocycles. The van der Waals surface area contributed by atoms with Gasteiger partial charge in [0.25, 0.3) is 5.69 Å². The number of nitro groups is 1. The van der Waals surface area contributed by atoms with Crippen LogP contribution in [0.5, 0.6) is 0 Å². The maximum absolute atomic E-state index is 12.4. The zero-order valence-electron chi connectivity index (χ0n) is 10.8. The average Bonchev–Trinajstić information content (AvgIpc) is 2.47. The molecule has 0 bridgehead atoms. The van der Waals surface area contributed by atoms with Gasteiger partial charge in [-0.25, -0.2) is 8.42 Å². The molecule has 20 heavy (non-hydrogen) atoms. The lowest BCUT2D eigenvalue weighted by Crippen LogP contribution is -2.39. The SMILES string of the molecule is O=[N+]([O-])c1ccc(S(=O)(=O)N2CCC(CO)CC2)cc1. The number of sulfonamides is 1. The molecule has 1 aliphatic rings. The first-order chi connectivity index (χ1) is 9.45. The van der Waals surface area contributed by atoms with Gasteiger partial charge in [0.1, 0.15) is 0 Å². The van der Waals surface area contributed by atoms with Crippen LogP contribution in [0.25, 0.3) is 0 Å². The maximum atomic E-state index is 12.4. The second-order valence-corrected chi connectivity index (χ2v) is 6.72. The molecular weight excluding hydrogens is 284 g/mol. The largest absolute Gasteiger partial charge is 0.396 e. The van der Waals surface area contributed by atoms with Crippen molar-refractivity contribution in [3.05, 3.63) is 34.4 Å². The van der Waals surface area contributed by atoms with Gasteiger partial charge in [0.05, 0.1) is 9.82 Å². The predicted molar refractivity (Wildman–Crippen MR) is 71.7 cm³/mol. The van der Waals surface area contributed by atoms with E-state index in [9.17, 15) is 18.5 Å². The third-order valence-electron chi connectivity index (χ3n) is 3.52. The van der Waals surface area contributed by atoms with Crippen LogP contribution in [0, 0.1) is 16.0 Å². The highest BCUT2D eigenvalue weighted by Gasteiger charge is 2.29. The standard InChI is InChI=1S/C12H16N2O5S/c15-9-10-5-7-13(8-6-10)20(18,19)12-3-1-11(2-4-12)14(16)17/h1-4,10,15H,5-9H2. The highest BCUT2D eigenvalue weighted by molar-refractivity contribution is 7.89. The molecule has 7 nitrogen and oxygen atoms in total. The summed E-state index contributed by atoms with van der Waals surface area (Å²) in [6, 6.07) is 4.89. The van der Waals surface area contributed by atoms with Crippen molar-refractivity contribution in [3.63, 3.8) is 0 Å². The second kappa shape index (κ2) is 5.86. The summed E-state index contributed by atoms with van der Waals surface area (Å²) in [4.78, 5) is 10.0. The van der Waals surface area contributed by atoms with Crippen molar-refractivity contribution in [1.29, 1.82) is 0 Å². The molecule has 0 radical (unpaired) electrons. The lowest BCUT2D eigenvalue weighted by atomic mass is 10.00. The van der Waals surface area contributed by atoms with Crippen LogP contribution in [0.2, 0.25) is 0 Å². The number of non-ortho nitro benzene ring substituents is 1. The van der Waals surface area contributed by atoms with Crippen LogP contribution in [0.15, 0.2) is 29.2 Å². The molecule has 1 N–H and O–H groups in total. The number of hydrogen-bond donors (Lipinski definition) is 1. The number of nitro benzene ring substituents is 1. The smallest absolute Gasteiger partial charge is 0.269 e. The van der Waals surface area contributed by atoms with Gasteiger partial charge in [0.15, 0.2) is 0 Å². The molecule has 0 aliphatic carbocycles. The summed E-state index contributed by atoms with van der Waals surface area (Å²) in [5.74, 6) is 0.151. The molecule has 1 heterocycles. The molecule has 0 saturated carbocycles. The first-order valence-electron chi connectivity index (χ1n) is 6.30. The highest BCUT2D eigenvalue weighted by Crippen LogP contribution is 2.24. The zero-order chi connectivity index (χ0) is 14.8. The Bertz CT molecular complexity index is 576. The maximum Gasteiger partial charge on any atom is 0.269 e. The fourth-order valence-electron chi connectivity index (χ4n) is 2.22. The Morgan fingerprint density at radius 2 is 1.80 bits per heavy atom. The third kappa shape index (κ3) is 2.97. The van der Waals surface area contributed by atoms with Crippen molar-refractivity contribution in [3.8, 4) is 0 Å². The highest BCUT2D eigenvalue weighted by atomic mass is 32.2. The Labute approximate surface area is 117 Å². The van der Waals surface area contributed by atoms with E-state index in [1.54, 1.807) is 0 Å². The molecule has 1 fully saturated rings. The van der Waals surface area contributed by atoms with Crippen LogP contribution < -0.4 is 0 Å². The molecule has 110 valence electrons. The van der Waals surface area contributed by atoms with Crippen LogP contribution in [0.1, 0.15) is 12.8 Å². The Morgan fingerprint density at radius 3 is 2.25 bits per heavy atom. The number of benzene rings is 1. The first-order valence-corrected chi connectivity index (χ1v) is 7.74. The number of aliphatic hydroxyl groups excluding tert-OH is 1. The van der Waals surface area contributed by atoms with Crippen LogP contribution in [0.4, 0.5) is 5.69 Å². The van der Waals surface area contributed by atoms with Gasteiger partial charge in [-0.1, -0.05) is 0 Å². The van der Waals surface area contributed by atoms with Crippen molar-refractivity contribution < 1.29 is 18.4 Å². The van der Waals surface area contributed by atoms with Gasteiger partial charge in [-0.15, -0.1) is 0 Å². The molecule has 2 rings (SSSR count). The van der Waals surface area contributed by atoms with Crippen molar-refractivity contribution >= 4 is 15.7 Å². The van der Waals surface area contributed by atoms with Gasteiger partial charge in [-0.3, -0.25) is 10.1 Å². The lowest BCUT2D eigenvalue weighted by Gasteiger charge is -2.30. The topological polar surface area (TPSA) is 101 Å². The molecule has 8 heteroatoms. The van der Waals surface area contributed by atoms with Crippen molar-refractivity contribution in [2.45, 2.75) is 17.7 Å². The van der Waals surface area contributed by atoms with Crippen molar-refractivity contribution in [2.24, 2.45) is 5.92 Å². The summed E-state index contributed by atoms with van der Waals surface area (Å²) >= 11 is 0. The number of aliphatic hydroxyl groups is 1. The number of hydrogen-bond acceptors (Lipinski definition) is 5. The molecular formula is C12H16N2O5S. The van der Waals surface area contributed by atoms with E-state index in [2.05, 4.69) is 0 Å². The summed E-state index contributed by atoms with van der Waals surface area (Å²) < 4.78 is 26.1. The summed E-state index contributed by atoms with van der Waals surface area (Å²) in [5.41, 5.74) is -0.136. The Balaban J connectivity index is 2.16. The van der Waals surface area contributed by atoms with E-state index >= 15 is 0 Å². The fraction of sp³-hybridized carbons (Fsp3) is 0.500. The van der Waals surface area contributed by atoms with Crippen LogP contribution in [0.3, 0.4) is 0 Å². The Hall–Kier alpha value is -1.51. The average molecular weight is 300 g/mol. The monoisotopic (exact) mass is 300 g/mol. The van der Waals surface area contributed by atoms with E-state index in [1.165, 1.54) is 28.6 Å². The molecule has 0 atom stereocenters. The molecule has 0 spiro atoms. The number of rotatable bonds is 4. The van der Waals surface area contributed by atoms with Crippen molar-refractivity contribution in [2.75, 3.05) is 19.7 Å². The van der Waals surface area contributed by atoms with Gasteiger partial charge >= 0.3 is 0 Å². The van der Waals surface area contributed by atoms with E-state index < -0.39 is 14.9 Å². The molecule has 0 amide bonds. The Kier molecular flexibility index (Phi) is 4.36. The van der Waals surface area contributed by atoms with Crippen LogP contribution in [-0.2, 0) is 10.0 Å². The minimum absolute atomic E-state index is 0.0607. The molecule has 1 aliphatic heterocycles. The van der Waals surface area contributed by atoms with E-state index in [4.69, 9.17) is 5.11 Å². The van der Waals surface area contributed by atoms with Gasteiger partial charge in [-0.05, 0) is 30.9 Å². The normalized spacial score (nSPS) is 18.1. The minimum atomic E-state index is -3.61.